The van der Waals surface area contributed by atoms with Crippen molar-refractivity contribution in [3.05, 3.63) is 47.2 Å². The van der Waals surface area contributed by atoms with Crippen LogP contribution in [0, 0.1) is 12.8 Å². The number of aliphatic hydroxyl groups excluding tert-OH is 1. The summed E-state index contributed by atoms with van der Waals surface area (Å²) in [6, 6.07) is 5.92. The standard InChI is InChI=1S/C18H23N5OS/c1-12(2)11-22(4)17(24)14-10-20-23(13(14)3)18-19-8-7-15(21-18)16-6-5-9-25-16/h5-10,12,17,24H,11H2,1-4H3. The van der Waals surface area contributed by atoms with Crippen LogP contribution in [0.3, 0.4) is 0 Å². The van der Waals surface area contributed by atoms with Crippen LogP contribution in [-0.2, 0) is 0 Å². The van der Waals surface area contributed by atoms with Crippen molar-refractivity contribution in [2.45, 2.75) is 27.0 Å². The molecule has 0 bridgehead atoms. The molecule has 3 heterocycles. The Kier molecular flexibility index (Phi) is 5.27. The summed E-state index contributed by atoms with van der Waals surface area (Å²) in [7, 11) is 1.91. The lowest BCUT2D eigenvalue weighted by Crippen LogP contribution is -2.28. The third kappa shape index (κ3) is 3.78. The van der Waals surface area contributed by atoms with Gasteiger partial charge in [0.15, 0.2) is 0 Å². The third-order valence-electron chi connectivity index (χ3n) is 4.00. The topological polar surface area (TPSA) is 67.1 Å². The molecule has 0 aromatic carbocycles. The molecule has 0 fully saturated rings. The van der Waals surface area contributed by atoms with Crippen LogP contribution in [0.25, 0.3) is 16.5 Å². The number of rotatable bonds is 6. The summed E-state index contributed by atoms with van der Waals surface area (Å²) in [5.41, 5.74) is 2.48. The fraction of sp³-hybridized carbons (Fsp3) is 0.389. The second-order valence-electron chi connectivity index (χ2n) is 6.52. The zero-order valence-electron chi connectivity index (χ0n) is 14.9. The Balaban J connectivity index is 1.90. The normalized spacial score (nSPS) is 12.9. The van der Waals surface area contributed by atoms with Gasteiger partial charge in [0, 0.05) is 18.3 Å². The Morgan fingerprint density at radius 2 is 2.12 bits per heavy atom. The minimum Gasteiger partial charge on any atom is -0.374 e. The second-order valence-corrected chi connectivity index (χ2v) is 7.47. The summed E-state index contributed by atoms with van der Waals surface area (Å²) in [6.07, 6.45) is 2.73. The molecular weight excluding hydrogens is 334 g/mol. The highest BCUT2D eigenvalue weighted by Crippen LogP contribution is 2.25. The van der Waals surface area contributed by atoms with Crippen LogP contribution in [0.2, 0.25) is 0 Å². The lowest BCUT2D eigenvalue weighted by atomic mass is 10.1. The molecule has 0 saturated heterocycles. The van der Waals surface area contributed by atoms with E-state index in [0.29, 0.717) is 11.9 Å². The van der Waals surface area contributed by atoms with E-state index >= 15 is 0 Å². The molecule has 6 nitrogen and oxygen atoms in total. The number of aliphatic hydroxyl groups is 1. The quantitative estimate of drug-likeness (QED) is 0.686. The number of aromatic nitrogens is 4. The van der Waals surface area contributed by atoms with Gasteiger partial charge in [-0.2, -0.15) is 5.10 Å². The van der Waals surface area contributed by atoms with Gasteiger partial charge < -0.3 is 5.11 Å². The van der Waals surface area contributed by atoms with Gasteiger partial charge in [0.1, 0.15) is 6.23 Å². The van der Waals surface area contributed by atoms with Crippen molar-refractivity contribution in [1.29, 1.82) is 0 Å². The maximum Gasteiger partial charge on any atom is 0.251 e. The molecule has 1 N–H and O–H groups in total. The van der Waals surface area contributed by atoms with Crippen LogP contribution < -0.4 is 0 Å². The Bertz CT molecular complexity index is 828. The third-order valence-corrected chi connectivity index (χ3v) is 4.89. The Morgan fingerprint density at radius 3 is 2.80 bits per heavy atom. The highest BCUT2D eigenvalue weighted by Gasteiger charge is 2.21. The maximum atomic E-state index is 10.6. The average Bonchev–Trinajstić information content (AvgIpc) is 3.23. The van der Waals surface area contributed by atoms with E-state index in [1.165, 1.54) is 0 Å². The van der Waals surface area contributed by atoms with E-state index in [1.54, 1.807) is 28.4 Å². The predicted molar refractivity (Wildman–Crippen MR) is 99.6 cm³/mol. The maximum absolute atomic E-state index is 10.6. The van der Waals surface area contributed by atoms with Crippen molar-refractivity contribution in [1.82, 2.24) is 24.6 Å². The smallest absolute Gasteiger partial charge is 0.251 e. The van der Waals surface area contributed by atoms with Crippen molar-refractivity contribution in [3.8, 4) is 16.5 Å². The van der Waals surface area contributed by atoms with E-state index in [2.05, 4.69) is 28.9 Å². The molecule has 0 aliphatic rings. The molecule has 3 aromatic rings. The van der Waals surface area contributed by atoms with Crippen LogP contribution in [0.1, 0.15) is 31.3 Å². The molecule has 25 heavy (non-hydrogen) atoms. The van der Waals surface area contributed by atoms with Gasteiger partial charge in [0.25, 0.3) is 5.95 Å². The van der Waals surface area contributed by atoms with Crippen LogP contribution in [0.5, 0.6) is 0 Å². The first-order chi connectivity index (χ1) is 12.0. The molecule has 0 amide bonds. The highest BCUT2D eigenvalue weighted by atomic mass is 32.1. The fourth-order valence-corrected chi connectivity index (χ4v) is 3.50. The average molecular weight is 357 g/mol. The molecule has 0 aliphatic heterocycles. The van der Waals surface area contributed by atoms with E-state index in [9.17, 15) is 5.11 Å². The fourth-order valence-electron chi connectivity index (χ4n) is 2.80. The Hall–Kier alpha value is -2.09. The molecule has 7 heteroatoms. The summed E-state index contributed by atoms with van der Waals surface area (Å²) in [4.78, 5) is 12.0. The number of nitrogens with zero attached hydrogens (tertiary/aromatic N) is 5. The van der Waals surface area contributed by atoms with Gasteiger partial charge >= 0.3 is 0 Å². The van der Waals surface area contributed by atoms with Crippen molar-refractivity contribution in [2.75, 3.05) is 13.6 Å². The van der Waals surface area contributed by atoms with Crippen LogP contribution in [0.15, 0.2) is 36.0 Å². The molecular formula is C18H23N5OS. The van der Waals surface area contributed by atoms with Gasteiger partial charge in [-0.15, -0.1) is 11.3 Å². The van der Waals surface area contributed by atoms with Crippen molar-refractivity contribution in [3.63, 3.8) is 0 Å². The zero-order chi connectivity index (χ0) is 18.0. The lowest BCUT2D eigenvalue weighted by molar-refractivity contribution is 0.0132. The van der Waals surface area contributed by atoms with Gasteiger partial charge in [0.2, 0.25) is 0 Å². The highest BCUT2D eigenvalue weighted by molar-refractivity contribution is 7.13. The molecule has 1 atom stereocenters. The van der Waals surface area contributed by atoms with E-state index in [-0.39, 0.29) is 0 Å². The molecule has 0 aliphatic carbocycles. The lowest BCUT2D eigenvalue weighted by Gasteiger charge is -2.24. The van der Waals surface area contributed by atoms with E-state index in [4.69, 9.17) is 0 Å². The van der Waals surface area contributed by atoms with Crippen LogP contribution in [-0.4, -0.2) is 43.3 Å². The molecule has 1 unspecified atom stereocenters. The van der Waals surface area contributed by atoms with Gasteiger partial charge in [0.05, 0.1) is 22.5 Å². The van der Waals surface area contributed by atoms with E-state index < -0.39 is 6.23 Å². The van der Waals surface area contributed by atoms with Gasteiger partial charge in [-0.1, -0.05) is 19.9 Å². The SMILES string of the molecule is Cc1c(C(O)N(C)CC(C)C)cnn1-c1nccc(-c2cccs2)n1. The van der Waals surface area contributed by atoms with Crippen molar-refractivity contribution < 1.29 is 5.11 Å². The van der Waals surface area contributed by atoms with Gasteiger partial charge in [-0.05, 0) is 37.4 Å². The Morgan fingerprint density at radius 1 is 1.32 bits per heavy atom. The van der Waals surface area contributed by atoms with Crippen molar-refractivity contribution >= 4 is 11.3 Å². The summed E-state index contributed by atoms with van der Waals surface area (Å²) in [6.45, 7) is 6.99. The number of hydrogen-bond acceptors (Lipinski definition) is 6. The molecule has 132 valence electrons. The minimum atomic E-state index is -0.698. The molecule has 0 saturated carbocycles. The van der Waals surface area contributed by atoms with Crippen molar-refractivity contribution in [2.24, 2.45) is 5.92 Å². The molecule has 0 spiro atoms. The number of hydrogen-bond donors (Lipinski definition) is 1. The molecule has 3 rings (SSSR count). The molecule has 3 aromatic heterocycles. The second kappa shape index (κ2) is 7.43. The monoisotopic (exact) mass is 357 g/mol. The zero-order valence-corrected chi connectivity index (χ0v) is 15.7. The van der Waals surface area contributed by atoms with Crippen LogP contribution >= 0.6 is 11.3 Å². The van der Waals surface area contributed by atoms with Crippen LogP contribution in [0.4, 0.5) is 0 Å². The summed E-state index contributed by atoms with van der Waals surface area (Å²) >= 11 is 1.64. The van der Waals surface area contributed by atoms with E-state index in [0.717, 1.165) is 28.4 Å². The molecule has 0 radical (unpaired) electrons. The summed E-state index contributed by atoms with van der Waals surface area (Å²) in [5, 5.41) is 17.0. The minimum absolute atomic E-state index is 0.473. The summed E-state index contributed by atoms with van der Waals surface area (Å²) < 4.78 is 1.68. The first-order valence-electron chi connectivity index (χ1n) is 8.27. The van der Waals surface area contributed by atoms with Gasteiger partial charge in [-0.25, -0.2) is 14.6 Å². The first kappa shape index (κ1) is 17.7. The predicted octanol–water partition coefficient (Wildman–Crippen LogP) is 3.28. The Labute approximate surface area is 151 Å². The van der Waals surface area contributed by atoms with E-state index in [1.807, 2.05) is 42.5 Å². The largest absolute Gasteiger partial charge is 0.374 e. The van der Waals surface area contributed by atoms with Gasteiger partial charge in [-0.3, -0.25) is 4.90 Å². The number of thiophene rings is 1. The summed E-state index contributed by atoms with van der Waals surface area (Å²) in [5.74, 6) is 0.981. The first-order valence-corrected chi connectivity index (χ1v) is 9.15.